The molecule has 82 heavy (non-hydrogen) atoms. The number of hydrogen-bond acceptors (Lipinski definition) is 16. The Morgan fingerprint density at radius 3 is 1.18 bits per heavy atom. The van der Waals surface area contributed by atoms with Crippen molar-refractivity contribution in [3.05, 3.63) is 128 Å². The van der Waals surface area contributed by atoms with Gasteiger partial charge in [-0.2, -0.15) is 0 Å². The monoisotopic (exact) mass is 1360 g/mol. The van der Waals surface area contributed by atoms with Crippen LogP contribution in [-0.2, 0) is 32.9 Å². The molecule has 8 rings (SSSR count). The molecule has 20 nitrogen and oxygen atoms in total. The lowest BCUT2D eigenvalue weighted by atomic mass is 10.2. The van der Waals surface area contributed by atoms with Crippen LogP contribution >= 0.6 is 55.1 Å². The second-order valence-electron chi connectivity index (χ2n) is 21.3. The second kappa shape index (κ2) is 26.9. The number of benzene rings is 2. The van der Waals surface area contributed by atoms with Crippen LogP contribution in [0.25, 0.3) is 34.5 Å². The van der Waals surface area contributed by atoms with Gasteiger partial charge in [0, 0.05) is 63.4 Å². The van der Waals surface area contributed by atoms with Crippen molar-refractivity contribution in [2.45, 2.75) is 88.6 Å². The van der Waals surface area contributed by atoms with Crippen LogP contribution in [0.5, 0.6) is 23.0 Å². The minimum Gasteiger partial charge on any atom is -0.494 e. The normalized spacial score (nSPS) is 12.8. The number of anilines is 2. The molecule has 0 radical (unpaired) electrons. The summed E-state index contributed by atoms with van der Waals surface area (Å²) < 4.78 is 99.1. The van der Waals surface area contributed by atoms with Gasteiger partial charge in [-0.05, 0) is 118 Å². The van der Waals surface area contributed by atoms with Crippen LogP contribution in [0.15, 0.2) is 115 Å². The van der Waals surface area contributed by atoms with Crippen molar-refractivity contribution >= 4 is 103 Å². The second-order valence-corrected chi connectivity index (χ2v) is 39.7. The van der Waals surface area contributed by atoms with Gasteiger partial charge in [0.15, 0.2) is 11.5 Å². The Morgan fingerprint density at radius 1 is 0.561 bits per heavy atom. The van der Waals surface area contributed by atoms with Crippen molar-refractivity contribution in [1.29, 1.82) is 0 Å². The molecule has 0 aliphatic carbocycles. The molecule has 0 unspecified atom stereocenters. The van der Waals surface area contributed by atoms with E-state index in [9.17, 15) is 16.8 Å². The molecule has 0 saturated carbocycles. The molecule has 2 aromatic carbocycles. The topological polar surface area (TPSA) is 225 Å². The summed E-state index contributed by atoms with van der Waals surface area (Å²) in [5, 5.41) is 16.9. The Hall–Kier alpha value is -5.75. The van der Waals surface area contributed by atoms with Crippen molar-refractivity contribution in [3.63, 3.8) is 0 Å². The molecule has 0 aliphatic heterocycles. The van der Waals surface area contributed by atoms with E-state index >= 15 is 0 Å². The summed E-state index contributed by atoms with van der Waals surface area (Å²) in [4.78, 5) is 8.73. The van der Waals surface area contributed by atoms with E-state index in [4.69, 9.17) is 51.0 Å². The number of ether oxygens (including phenoxy) is 4. The summed E-state index contributed by atoms with van der Waals surface area (Å²) in [6, 6.07) is 22.3. The molecule has 440 valence electrons. The Bertz CT molecular complexity index is 3410. The number of sulfonamides is 2. The number of rotatable bonds is 24. The Kier molecular flexibility index (Phi) is 20.9. The zero-order chi connectivity index (χ0) is 59.9. The van der Waals surface area contributed by atoms with E-state index in [0.29, 0.717) is 100 Å². The highest BCUT2D eigenvalue weighted by atomic mass is 79.9. The van der Waals surface area contributed by atoms with E-state index in [1.54, 1.807) is 95.8 Å². The molecular weight excluding hydrogens is 1300 g/mol. The van der Waals surface area contributed by atoms with E-state index in [0.717, 1.165) is 0 Å². The minimum atomic E-state index is -4.00. The van der Waals surface area contributed by atoms with Gasteiger partial charge in [0.05, 0.1) is 72.9 Å². The van der Waals surface area contributed by atoms with E-state index in [1.165, 1.54) is 62.0 Å². The fourth-order valence-corrected chi connectivity index (χ4v) is 15.2. The van der Waals surface area contributed by atoms with E-state index in [2.05, 4.69) is 102 Å². The third-order valence-corrected chi connectivity index (χ3v) is 22.5. The first-order valence-electron chi connectivity index (χ1n) is 25.8. The first-order chi connectivity index (χ1) is 38.7. The van der Waals surface area contributed by atoms with Gasteiger partial charge in [0.25, 0.3) is 0 Å². The lowest BCUT2D eigenvalue weighted by Gasteiger charge is -2.29. The SMILES string of the molecule is COc1cccc(OC)c1-n1c(-c2ccco2)nnc1N(CC[Si](C)(C)C)S(=O)(=O)[C@@H](C)Cc1ncc(Cl)cc1Br.COc1cccc(OC)c1-n1c(-c2ccco2)nnc1N(CC[Si](C)(C)C)S(=O)(=O)[C@H](C)Cc1ncc(Cl)cc1Br. The smallest absolute Gasteiger partial charge is 0.246 e. The molecule has 0 aliphatic rings. The zero-order valence-corrected chi connectivity index (χ0v) is 55.8. The van der Waals surface area contributed by atoms with Gasteiger partial charge < -0.3 is 27.8 Å². The Balaban J connectivity index is 0.000000236. The summed E-state index contributed by atoms with van der Waals surface area (Å²) in [5.74, 6) is 3.41. The summed E-state index contributed by atoms with van der Waals surface area (Å²) in [5.41, 5.74) is 2.07. The summed E-state index contributed by atoms with van der Waals surface area (Å²) in [6.45, 7) is 16.9. The third-order valence-electron chi connectivity index (χ3n) is 13.0. The molecule has 8 aromatic rings. The lowest BCUT2D eigenvalue weighted by molar-refractivity contribution is 0.391. The van der Waals surface area contributed by atoms with Crippen LogP contribution in [0.2, 0.25) is 61.4 Å². The molecular formula is C54H66Br2Cl2N10O10S2Si2. The predicted molar refractivity (Wildman–Crippen MR) is 333 cm³/mol. The molecule has 6 aromatic heterocycles. The van der Waals surface area contributed by atoms with Gasteiger partial charge in [-0.25, -0.2) is 25.4 Å². The number of methoxy groups -OCH3 is 4. The third kappa shape index (κ3) is 14.8. The highest BCUT2D eigenvalue weighted by Gasteiger charge is 2.39. The summed E-state index contributed by atoms with van der Waals surface area (Å²) in [7, 11) is -5.26. The number of nitrogens with zero attached hydrogens (tertiary/aromatic N) is 10. The fraction of sp³-hybridized carbons (Fsp3) is 0.370. The van der Waals surface area contributed by atoms with Gasteiger partial charge in [0.2, 0.25) is 43.6 Å². The van der Waals surface area contributed by atoms with Crippen LogP contribution in [0.3, 0.4) is 0 Å². The van der Waals surface area contributed by atoms with Gasteiger partial charge in [0.1, 0.15) is 34.4 Å². The molecule has 0 N–H and O–H groups in total. The molecule has 0 amide bonds. The van der Waals surface area contributed by atoms with Crippen molar-refractivity contribution in [2.75, 3.05) is 50.1 Å². The van der Waals surface area contributed by atoms with Crippen LogP contribution in [0, 0.1) is 0 Å². The first-order valence-corrected chi connectivity index (χ1v) is 38.5. The number of halogens is 4. The number of hydrogen-bond donors (Lipinski definition) is 0. The highest BCUT2D eigenvalue weighted by molar-refractivity contribution is 9.10. The average Bonchev–Trinajstić information content (AvgIpc) is 4.44. The van der Waals surface area contributed by atoms with Crippen molar-refractivity contribution in [1.82, 2.24) is 39.5 Å². The number of para-hydroxylation sites is 2. The maximum absolute atomic E-state index is 14.4. The van der Waals surface area contributed by atoms with Crippen molar-refractivity contribution < 1.29 is 44.6 Å². The summed E-state index contributed by atoms with van der Waals surface area (Å²) in [6.07, 6.45) is 6.36. The standard InChI is InChI=1S/2C27H33BrClN5O5SSi/c2*1-18(15-21-20(28)16-19(29)17-30-21)40(35,36)33(12-14-41(4,5)6)27-32-31-26(24-11-8-13-39-24)34(27)25-22(37-2)9-7-10-23(25)38-3/h2*7-11,13,16-18H,12,14-15H2,1-6H3/t2*18-/m10/s1. The Morgan fingerprint density at radius 2 is 0.902 bits per heavy atom. The van der Waals surface area contributed by atoms with Gasteiger partial charge in [-0.1, -0.05) is 74.6 Å². The minimum absolute atomic E-state index is 0.104. The van der Waals surface area contributed by atoms with Gasteiger partial charge in [-0.3, -0.25) is 19.1 Å². The zero-order valence-electron chi connectivity index (χ0n) is 47.5. The molecule has 0 spiro atoms. The quantitative estimate of drug-likeness (QED) is 0.0513. The van der Waals surface area contributed by atoms with E-state index in [-0.39, 0.29) is 37.8 Å². The molecule has 0 saturated heterocycles. The van der Waals surface area contributed by atoms with Gasteiger partial charge >= 0.3 is 0 Å². The van der Waals surface area contributed by atoms with Crippen molar-refractivity contribution in [3.8, 4) is 57.5 Å². The maximum Gasteiger partial charge on any atom is 0.246 e. The average molecular weight is 1370 g/mol. The maximum atomic E-state index is 14.4. The predicted octanol–water partition coefficient (Wildman–Crippen LogP) is 12.9. The van der Waals surface area contributed by atoms with Gasteiger partial charge in [-0.15, -0.1) is 20.4 Å². The molecule has 6 heterocycles. The van der Waals surface area contributed by atoms with E-state index < -0.39 is 46.7 Å². The number of aromatic nitrogens is 8. The van der Waals surface area contributed by atoms with E-state index in [1.807, 2.05) is 0 Å². The summed E-state index contributed by atoms with van der Waals surface area (Å²) >= 11 is 19.1. The largest absolute Gasteiger partial charge is 0.494 e. The molecule has 0 fully saturated rings. The van der Waals surface area contributed by atoms with Crippen LogP contribution in [0.1, 0.15) is 25.2 Å². The highest BCUT2D eigenvalue weighted by Crippen LogP contribution is 2.42. The molecule has 0 bridgehead atoms. The fourth-order valence-electron chi connectivity index (χ4n) is 8.45. The van der Waals surface area contributed by atoms with Crippen LogP contribution in [0.4, 0.5) is 11.9 Å². The Labute approximate surface area is 507 Å². The first kappa shape index (κ1) is 63.8. The molecule has 2 atom stereocenters. The lowest BCUT2D eigenvalue weighted by Crippen LogP contribution is -2.42. The molecule has 28 heteroatoms. The van der Waals surface area contributed by atoms with Crippen LogP contribution < -0.4 is 27.6 Å². The van der Waals surface area contributed by atoms with Crippen molar-refractivity contribution in [2.24, 2.45) is 0 Å². The number of pyridine rings is 2. The number of furan rings is 2. The van der Waals surface area contributed by atoms with Crippen LogP contribution in [-0.4, -0.2) is 125 Å².